The molecule has 0 radical (unpaired) electrons. The summed E-state index contributed by atoms with van der Waals surface area (Å²) < 4.78 is 5.06. The van der Waals surface area contributed by atoms with E-state index in [9.17, 15) is 5.11 Å². The van der Waals surface area contributed by atoms with Gasteiger partial charge in [-0.25, -0.2) is 0 Å². The molecule has 2 rings (SSSR count). The number of aliphatic hydroxyl groups is 1. The van der Waals surface area contributed by atoms with E-state index >= 15 is 0 Å². The fourth-order valence-electron chi connectivity index (χ4n) is 1.60. The van der Waals surface area contributed by atoms with Crippen molar-refractivity contribution in [2.24, 2.45) is 0 Å². The van der Waals surface area contributed by atoms with Crippen LogP contribution in [0, 0.1) is 0 Å². The summed E-state index contributed by atoms with van der Waals surface area (Å²) in [5.74, 6) is 0. The highest BCUT2D eigenvalue weighted by Gasteiger charge is 2.26. The largest absolute Gasteiger partial charge is 0.384 e. The lowest BCUT2D eigenvalue weighted by Crippen LogP contribution is -2.50. The Kier molecular flexibility index (Phi) is 3.05. The van der Waals surface area contributed by atoms with Crippen molar-refractivity contribution in [2.75, 3.05) is 19.8 Å². The molecule has 1 aromatic carbocycles. The summed E-state index contributed by atoms with van der Waals surface area (Å²) in [6.45, 7) is 3.90. The van der Waals surface area contributed by atoms with Crippen LogP contribution in [0.3, 0.4) is 0 Å². The van der Waals surface area contributed by atoms with Gasteiger partial charge in [0.25, 0.3) is 0 Å². The van der Waals surface area contributed by atoms with Gasteiger partial charge in [0.05, 0.1) is 24.9 Å². The number of ether oxygens (including phenoxy) is 1. The summed E-state index contributed by atoms with van der Waals surface area (Å²) in [6.07, 6.45) is 0. The van der Waals surface area contributed by atoms with Crippen molar-refractivity contribution in [1.82, 2.24) is 5.32 Å². The molecule has 1 fully saturated rings. The normalized spacial score (nSPS) is 20.7. The van der Waals surface area contributed by atoms with E-state index < -0.39 is 5.60 Å². The van der Waals surface area contributed by atoms with Crippen LogP contribution in [0.2, 0.25) is 0 Å². The Bertz CT molecular complexity index is 307. The molecular weight excluding hydrogens is 190 g/mol. The molecule has 0 aliphatic carbocycles. The highest BCUT2D eigenvalue weighted by molar-refractivity contribution is 5.21. The lowest BCUT2D eigenvalue weighted by atomic mass is 9.96. The Hall–Kier alpha value is -0.900. The van der Waals surface area contributed by atoms with Gasteiger partial charge >= 0.3 is 0 Å². The Morgan fingerprint density at radius 3 is 2.60 bits per heavy atom. The zero-order valence-corrected chi connectivity index (χ0v) is 8.94. The van der Waals surface area contributed by atoms with Crippen molar-refractivity contribution >= 4 is 0 Å². The van der Waals surface area contributed by atoms with E-state index in [2.05, 4.69) is 5.32 Å². The molecular formula is C12H17NO2. The second-order valence-electron chi connectivity index (χ2n) is 4.26. The lowest BCUT2D eigenvalue weighted by Gasteiger charge is -2.31. The Morgan fingerprint density at radius 2 is 2.07 bits per heavy atom. The van der Waals surface area contributed by atoms with E-state index in [-0.39, 0.29) is 0 Å². The highest BCUT2D eigenvalue weighted by Crippen LogP contribution is 2.19. The Labute approximate surface area is 90.1 Å². The van der Waals surface area contributed by atoms with Crippen molar-refractivity contribution in [2.45, 2.75) is 18.6 Å². The first-order chi connectivity index (χ1) is 7.18. The zero-order valence-electron chi connectivity index (χ0n) is 8.94. The van der Waals surface area contributed by atoms with Crippen LogP contribution in [0.1, 0.15) is 12.5 Å². The van der Waals surface area contributed by atoms with E-state index in [1.165, 1.54) is 0 Å². The van der Waals surface area contributed by atoms with Gasteiger partial charge in [0.2, 0.25) is 0 Å². The van der Waals surface area contributed by atoms with Crippen LogP contribution in [0.5, 0.6) is 0 Å². The summed E-state index contributed by atoms with van der Waals surface area (Å²) in [4.78, 5) is 0. The predicted molar refractivity (Wildman–Crippen MR) is 58.6 cm³/mol. The second-order valence-corrected chi connectivity index (χ2v) is 4.26. The van der Waals surface area contributed by atoms with Gasteiger partial charge in [0.1, 0.15) is 0 Å². The van der Waals surface area contributed by atoms with Crippen LogP contribution >= 0.6 is 0 Å². The maximum absolute atomic E-state index is 10.3. The molecule has 3 nitrogen and oxygen atoms in total. The van der Waals surface area contributed by atoms with Crippen LogP contribution in [0.15, 0.2) is 30.3 Å². The summed E-state index contributed by atoms with van der Waals surface area (Å²) >= 11 is 0. The highest BCUT2D eigenvalue weighted by atomic mass is 16.5. The average molecular weight is 207 g/mol. The summed E-state index contributed by atoms with van der Waals surface area (Å²) in [7, 11) is 0. The topological polar surface area (TPSA) is 41.5 Å². The minimum Gasteiger partial charge on any atom is -0.384 e. The van der Waals surface area contributed by atoms with Crippen LogP contribution in [0.4, 0.5) is 0 Å². The van der Waals surface area contributed by atoms with Gasteiger partial charge in [0, 0.05) is 6.54 Å². The van der Waals surface area contributed by atoms with Crippen LogP contribution in [-0.2, 0) is 10.3 Å². The first-order valence-corrected chi connectivity index (χ1v) is 5.27. The second kappa shape index (κ2) is 4.31. The smallest absolute Gasteiger partial charge is 0.0992 e. The minimum atomic E-state index is -0.809. The number of hydrogen-bond donors (Lipinski definition) is 2. The molecule has 2 N–H and O–H groups in total. The van der Waals surface area contributed by atoms with Crippen molar-refractivity contribution < 1.29 is 9.84 Å². The molecule has 1 saturated heterocycles. The molecule has 82 valence electrons. The Balaban J connectivity index is 1.93. The van der Waals surface area contributed by atoms with Crippen LogP contribution < -0.4 is 5.32 Å². The minimum absolute atomic E-state index is 0.403. The molecule has 15 heavy (non-hydrogen) atoms. The molecule has 1 heterocycles. The van der Waals surface area contributed by atoms with Gasteiger partial charge in [-0.05, 0) is 12.5 Å². The third-order valence-corrected chi connectivity index (χ3v) is 2.77. The average Bonchev–Trinajstić information content (AvgIpc) is 2.16. The van der Waals surface area contributed by atoms with Gasteiger partial charge in [-0.1, -0.05) is 30.3 Å². The number of hydrogen-bond acceptors (Lipinski definition) is 3. The van der Waals surface area contributed by atoms with Gasteiger partial charge in [-0.15, -0.1) is 0 Å². The monoisotopic (exact) mass is 207 g/mol. The van der Waals surface area contributed by atoms with Crippen molar-refractivity contribution in [3.63, 3.8) is 0 Å². The molecule has 0 aromatic heterocycles. The van der Waals surface area contributed by atoms with Gasteiger partial charge in [-0.2, -0.15) is 0 Å². The van der Waals surface area contributed by atoms with Gasteiger partial charge in [-0.3, -0.25) is 0 Å². The first kappa shape index (κ1) is 10.6. The molecule has 0 bridgehead atoms. The molecule has 1 unspecified atom stereocenters. The number of nitrogens with one attached hydrogen (secondary N) is 1. The molecule has 0 spiro atoms. The first-order valence-electron chi connectivity index (χ1n) is 5.27. The van der Waals surface area contributed by atoms with E-state index in [0.29, 0.717) is 12.6 Å². The molecule has 1 aliphatic rings. The molecule has 0 amide bonds. The van der Waals surface area contributed by atoms with E-state index in [4.69, 9.17) is 4.74 Å². The molecule has 1 aliphatic heterocycles. The Morgan fingerprint density at radius 1 is 1.40 bits per heavy atom. The van der Waals surface area contributed by atoms with Crippen molar-refractivity contribution in [3.8, 4) is 0 Å². The fourth-order valence-corrected chi connectivity index (χ4v) is 1.60. The van der Waals surface area contributed by atoms with Crippen LogP contribution in [0.25, 0.3) is 0 Å². The number of rotatable bonds is 4. The fraction of sp³-hybridized carbons (Fsp3) is 0.500. The summed E-state index contributed by atoms with van der Waals surface area (Å²) in [6, 6.07) is 10.1. The zero-order chi connectivity index (χ0) is 10.7. The van der Waals surface area contributed by atoms with E-state index in [1.54, 1.807) is 0 Å². The van der Waals surface area contributed by atoms with E-state index in [1.807, 2.05) is 37.3 Å². The number of benzene rings is 1. The standard InChI is InChI=1S/C12H17NO2/c1-12(14,9-13-11-7-15-8-11)10-5-3-2-4-6-10/h2-6,11,13-14H,7-9H2,1H3. The third-order valence-electron chi connectivity index (χ3n) is 2.77. The van der Waals surface area contributed by atoms with Crippen molar-refractivity contribution in [3.05, 3.63) is 35.9 Å². The van der Waals surface area contributed by atoms with Gasteiger partial charge in [0.15, 0.2) is 0 Å². The van der Waals surface area contributed by atoms with E-state index in [0.717, 1.165) is 18.8 Å². The SMILES string of the molecule is CC(O)(CNC1COC1)c1ccccc1. The molecule has 1 aromatic rings. The summed E-state index contributed by atoms with van der Waals surface area (Å²) in [5, 5.41) is 13.5. The predicted octanol–water partition coefficient (Wildman–Crippen LogP) is 0.882. The quantitative estimate of drug-likeness (QED) is 0.770. The van der Waals surface area contributed by atoms with Crippen LogP contribution in [-0.4, -0.2) is 30.9 Å². The van der Waals surface area contributed by atoms with Gasteiger partial charge < -0.3 is 15.2 Å². The molecule has 3 heteroatoms. The maximum Gasteiger partial charge on any atom is 0.0992 e. The molecule has 1 atom stereocenters. The maximum atomic E-state index is 10.3. The van der Waals surface area contributed by atoms with Crippen molar-refractivity contribution in [1.29, 1.82) is 0 Å². The third kappa shape index (κ3) is 2.56. The lowest BCUT2D eigenvalue weighted by molar-refractivity contribution is -0.0212. The summed E-state index contributed by atoms with van der Waals surface area (Å²) in [5.41, 5.74) is 0.134. The molecule has 0 saturated carbocycles.